The maximum absolute atomic E-state index is 12.1. The summed E-state index contributed by atoms with van der Waals surface area (Å²) in [4.78, 5) is 12.5. The van der Waals surface area contributed by atoms with Crippen molar-refractivity contribution < 1.29 is 4.79 Å². The number of hydrogen-bond donors (Lipinski definition) is 1. The van der Waals surface area contributed by atoms with E-state index in [1.807, 2.05) is 0 Å². The van der Waals surface area contributed by atoms with Crippen LogP contribution in [0.3, 0.4) is 0 Å². The summed E-state index contributed by atoms with van der Waals surface area (Å²) in [5, 5.41) is 3.11. The fourth-order valence-electron chi connectivity index (χ4n) is 2.28. The molecule has 0 rings (SSSR count). The second-order valence-corrected chi connectivity index (χ2v) is 6.26. The Kier molecular flexibility index (Phi) is 10.8. The van der Waals surface area contributed by atoms with Crippen LogP contribution < -0.4 is 5.32 Å². The van der Waals surface area contributed by atoms with Gasteiger partial charge in [-0.15, -0.1) is 0 Å². The third-order valence-corrected chi connectivity index (χ3v) is 4.87. The summed E-state index contributed by atoms with van der Waals surface area (Å²) >= 11 is 3.70. The molecule has 2 nitrogen and oxygen atoms in total. The molecule has 0 aliphatic rings. The Labute approximate surface area is 121 Å². The molecule has 0 aliphatic heterocycles. The van der Waals surface area contributed by atoms with Crippen LogP contribution in [0.5, 0.6) is 0 Å². The van der Waals surface area contributed by atoms with Crippen molar-refractivity contribution in [1.29, 1.82) is 0 Å². The lowest BCUT2D eigenvalue weighted by Gasteiger charge is -2.21. The van der Waals surface area contributed by atoms with Gasteiger partial charge in [0.2, 0.25) is 5.91 Å². The average molecular weight is 320 g/mol. The van der Waals surface area contributed by atoms with Gasteiger partial charge in [0.25, 0.3) is 0 Å². The highest BCUT2D eigenvalue weighted by atomic mass is 79.9. The van der Waals surface area contributed by atoms with E-state index < -0.39 is 0 Å². The van der Waals surface area contributed by atoms with Crippen molar-refractivity contribution in [2.75, 3.05) is 6.54 Å². The molecule has 0 bridgehead atoms. The van der Waals surface area contributed by atoms with Crippen LogP contribution in [-0.2, 0) is 4.79 Å². The number of alkyl halides is 1. The SMILES string of the molecule is CCCCC(CC)C(=O)NCC(Br)C(CC)CC. The third-order valence-electron chi connectivity index (χ3n) is 3.80. The zero-order valence-electron chi connectivity index (χ0n) is 12.5. The summed E-state index contributed by atoms with van der Waals surface area (Å²) in [7, 11) is 0. The van der Waals surface area contributed by atoms with Crippen molar-refractivity contribution in [3.05, 3.63) is 0 Å². The Balaban J connectivity index is 4.06. The van der Waals surface area contributed by atoms with E-state index in [1.54, 1.807) is 0 Å². The smallest absolute Gasteiger partial charge is 0.223 e. The Morgan fingerprint density at radius 1 is 1.11 bits per heavy atom. The van der Waals surface area contributed by atoms with E-state index in [1.165, 1.54) is 6.42 Å². The summed E-state index contributed by atoms with van der Waals surface area (Å²) in [5.41, 5.74) is 0. The largest absolute Gasteiger partial charge is 0.355 e. The van der Waals surface area contributed by atoms with Gasteiger partial charge in [-0.2, -0.15) is 0 Å². The normalized spacial score (nSPS) is 14.6. The van der Waals surface area contributed by atoms with Gasteiger partial charge in [0.15, 0.2) is 0 Å². The predicted molar refractivity (Wildman–Crippen MR) is 83.1 cm³/mol. The zero-order chi connectivity index (χ0) is 14.0. The van der Waals surface area contributed by atoms with E-state index in [2.05, 4.69) is 48.9 Å². The third kappa shape index (κ3) is 6.77. The second kappa shape index (κ2) is 10.8. The van der Waals surface area contributed by atoms with E-state index in [0.717, 1.165) is 38.6 Å². The quantitative estimate of drug-likeness (QED) is 0.589. The molecule has 0 heterocycles. The van der Waals surface area contributed by atoms with Crippen molar-refractivity contribution in [1.82, 2.24) is 5.32 Å². The van der Waals surface area contributed by atoms with Crippen molar-refractivity contribution >= 4 is 21.8 Å². The standard InChI is InChI=1S/C15H30BrNO/c1-5-9-10-13(8-4)15(18)17-11-14(16)12(6-2)7-3/h12-14H,5-11H2,1-4H3,(H,17,18). The predicted octanol–water partition coefficient (Wildman–Crippen LogP) is 4.52. The molecule has 1 N–H and O–H groups in total. The topological polar surface area (TPSA) is 29.1 Å². The minimum atomic E-state index is 0.200. The number of hydrogen-bond acceptors (Lipinski definition) is 1. The monoisotopic (exact) mass is 319 g/mol. The molecule has 0 saturated heterocycles. The summed E-state index contributed by atoms with van der Waals surface area (Å²) in [6, 6.07) is 0. The highest BCUT2D eigenvalue weighted by molar-refractivity contribution is 9.09. The Morgan fingerprint density at radius 2 is 1.72 bits per heavy atom. The van der Waals surface area contributed by atoms with Gasteiger partial charge in [0.1, 0.15) is 0 Å². The van der Waals surface area contributed by atoms with Gasteiger partial charge in [-0.25, -0.2) is 0 Å². The molecule has 2 unspecified atom stereocenters. The minimum absolute atomic E-state index is 0.200. The fraction of sp³-hybridized carbons (Fsp3) is 0.933. The van der Waals surface area contributed by atoms with Gasteiger partial charge < -0.3 is 5.32 Å². The molecule has 3 heteroatoms. The van der Waals surface area contributed by atoms with Crippen LogP contribution in [0.1, 0.15) is 66.2 Å². The van der Waals surface area contributed by atoms with E-state index in [4.69, 9.17) is 0 Å². The maximum Gasteiger partial charge on any atom is 0.223 e. The Morgan fingerprint density at radius 3 is 2.17 bits per heavy atom. The molecular weight excluding hydrogens is 290 g/mol. The molecule has 108 valence electrons. The highest BCUT2D eigenvalue weighted by Crippen LogP contribution is 2.20. The van der Waals surface area contributed by atoms with Crippen molar-refractivity contribution in [3.8, 4) is 0 Å². The van der Waals surface area contributed by atoms with Gasteiger partial charge in [0, 0.05) is 17.3 Å². The van der Waals surface area contributed by atoms with Crippen molar-refractivity contribution in [2.24, 2.45) is 11.8 Å². The van der Waals surface area contributed by atoms with Crippen molar-refractivity contribution in [3.63, 3.8) is 0 Å². The van der Waals surface area contributed by atoms with Gasteiger partial charge >= 0.3 is 0 Å². The van der Waals surface area contributed by atoms with E-state index in [9.17, 15) is 4.79 Å². The lowest BCUT2D eigenvalue weighted by Crippen LogP contribution is -2.36. The first-order valence-electron chi connectivity index (χ1n) is 7.52. The van der Waals surface area contributed by atoms with Gasteiger partial charge in [-0.05, 0) is 18.8 Å². The number of carbonyl (C=O) groups excluding carboxylic acids is 1. The van der Waals surface area contributed by atoms with Crippen LogP contribution in [0.25, 0.3) is 0 Å². The minimum Gasteiger partial charge on any atom is -0.355 e. The summed E-state index contributed by atoms with van der Waals surface area (Å²) in [6.45, 7) is 9.45. The lowest BCUT2D eigenvalue weighted by atomic mass is 9.97. The molecule has 0 saturated carbocycles. The summed E-state index contributed by atoms with van der Waals surface area (Å²) < 4.78 is 0. The van der Waals surface area contributed by atoms with Gasteiger partial charge in [-0.1, -0.05) is 69.3 Å². The average Bonchev–Trinajstić information content (AvgIpc) is 2.38. The maximum atomic E-state index is 12.1. The first-order chi connectivity index (χ1) is 8.60. The molecular formula is C15H30BrNO. The second-order valence-electron chi connectivity index (χ2n) is 5.09. The Bertz CT molecular complexity index is 217. The first-order valence-corrected chi connectivity index (χ1v) is 8.43. The molecule has 0 aliphatic carbocycles. The van der Waals surface area contributed by atoms with E-state index in [-0.39, 0.29) is 11.8 Å². The lowest BCUT2D eigenvalue weighted by molar-refractivity contribution is -0.125. The molecule has 0 aromatic heterocycles. The molecule has 0 spiro atoms. The number of halogens is 1. The van der Waals surface area contributed by atoms with Crippen LogP contribution >= 0.6 is 15.9 Å². The van der Waals surface area contributed by atoms with Gasteiger partial charge in [-0.3, -0.25) is 4.79 Å². The van der Waals surface area contributed by atoms with Crippen LogP contribution in [0.15, 0.2) is 0 Å². The molecule has 18 heavy (non-hydrogen) atoms. The zero-order valence-corrected chi connectivity index (χ0v) is 14.1. The van der Waals surface area contributed by atoms with Crippen LogP contribution in [0.4, 0.5) is 0 Å². The highest BCUT2D eigenvalue weighted by Gasteiger charge is 2.19. The first kappa shape index (κ1) is 17.9. The van der Waals surface area contributed by atoms with E-state index >= 15 is 0 Å². The number of rotatable bonds is 10. The van der Waals surface area contributed by atoms with Crippen LogP contribution in [-0.4, -0.2) is 17.3 Å². The molecule has 0 radical (unpaired) electrons. The number of amides is 1. The number of nitrogens with one attached hydrogen (secondary N) is 1. The Hall–Kier alpha value is -0.0500. The van der Waals surface area contributed by atoms with Crippen LogP contribution in [0, 0.1) is 11.8 Å². The molecule has 2 atom stereocenters. The summed E-state index contributed by atoms with van der Waals surface area (Å²) in [6.07, 6.45) is 6.61. The van der Waals surface area contributed by atoms with E-state index in [0.29, 0.717) is 10.7 Å². The molecule has 0 aromatic carbocycles. The number of carbonyl (C=O) groups is 1. The van der Waals surface area contributed by atoms with Crippen molar-refractivity contribution in [2.45, 2.75) is 71.0 Å². The van der Waals surface area contributed by atoms with Crippen LogP contribution in [0.2, 0.25) is 0 Å². The van der Waals surface area contributed by atoms with Gasteiger partial charge in [0.05, 0.1) is 0 Å². The molecule has 0 fully saturated rings. The molecule has 1 amide bonds. The molecule has 0 aromatic rings. The number of unbranched alkanes of at least 4 members (excludes halogenated alkanes) is 1. The summed E-state index contributed by atoms with van der Waals surface area (Å²) in [5.74, 6) is 1.09. The fourth-order valence-corrected chi connectivity index (χ4v) is 3.19.